The van der Waals surface area contributed by atoms with Gasteiger partial charge in [0.25, 0.3) is 0 Å². The molecule has 2 aromatic rings. The van der Waals surface area contributed by atoms with Crippen molar-refractivity contribution in [2.75, 3.05) is 19.0 Å². The lowest BCUT2D eigenvalue weighted by atomic mass is 10.2. The van der Waals surface area contributed by atoms with Gasteiger partial charge in [0.05, 0.1) is 18.0 Å². The minimum Gasteiger partial charge on any atom is -0.464 e. The molecule has 2 rings (SSSR count). The van der Waals surface area contributed by atoms with Crippen LogP contribution in [0.4, 0.5) is 5.95 Å². The number of methoxy groups -OCH3 is 1. The van der Waals surface area contributed by atoms with Crippen LogP contribution in [-0.4, -0.2) is 28.9 Å². The van der Waals surface area contributed by atoms with Gasteiger partial charge in [-0.25, -0.2) is 4.98 Å². The lowest BCUT2D eigenvalue weighted by Gasteiger charge is -2.16. The molecule has 0 saturated heterocycles. The van der Waals surface area contributed by atoms with E-state index >= 15 is 0 Å². The highest BCUT2D eigenvalue weighted by Crippen LogP contribution is 2.20. The molecular formula is C15H22N4O2. The van der Waals surface area contributed by atoms with E-state index in [1.165, 1.54) is 0 Å². The van der Waals surface area contributed by atoms with Crippen LogP contribution in [0.3, 0.4) is 0 Å². The fourth-order valence-corrected chi connectivity index (χ4v) is 2.16. The molecule has 6 heteroatoms. The Kier molecular flexibility index (Phi) is 5.27. The molecule has 0 fully saturated rings. The number of nitrogens with one attached hydrogen (secondary N) is 1. The van der Waals surface area contributed by atoms with E-state index in [-0.39, 0.29) is 6.04 Å². The first kappa shape index (κ1) is 15.4. The van der Waals surface area contributed by atoms with Gasteiger partial charge in [-0.2, -0.15) is 5.10 Å². The Bertz CT molecular complexity index is 583. The number of aromatic nitrogens is 3. The number of anilines is 1. The number of rotatable bonds is 7. The topological polar surface area (TPSA) is 73.1 Å². The zero-order chi connectivity index (χ0) is 15.2. The summed E-state index contributed by atoms with van der Waals surface area (Å²) >= 11 is 0. The molecular weight excluding hydrogens is 268 g/mol. The van der Waals surface area contributed by atoms with Gasteiger partial charge in [-0.15, -0.1) is 5.10 Å². The number of hydrogen-bond acceptors (Lipinski definition) is 6. The van der Waals surface area contributed by atoms with E-state index in [2.05, 4.69) is 34.3 Å². The van der Waals surface area contributed by atoms with E-state index in [4.69, 9.17) is 9.15 Å². The molecule has 0 aromatic carbocycles. The van der Waals surface area contributed by atoms with Gasteiger partial charge >= 0.3 is 0 Å². The Morgan fingerprint density at radius 3 is 2.52 bits per heavy atom. The van der Waals surface area contributed by atoms with Crippen molar-refractivity contribution in [1.82, 2.24) is 15.2 Å². The van der Waals surface area contributed by atoms with Crippen LogP contribution < -0.4 is 5.32 Å². The van der Waals surface area contributed by atoms with Gasteiger partial charge in [-0.05, 0) is 31.9 Å². The largest absolute Gasteiger partial charge is 0.464 e. The van der Waals surface area contributed by atoms with Gasteiger partial charge in [0, 0.05) is 7.11 Å². The van der Waals surface area contributed by atoms with Crippen molar-refractivity contribution in [3.05, 3.63) is 35.0 Å². The summed E-state index contributed by atoms with van der Waals surface area (Å²) in [5.74, 6) is 2.17. The van der Waals surface area contributed by atoms with Gasteiger partial charge in [0.15, 0.2) is 0 Å². The van der Waals surface area contributed by atoms with Crippen LogP contribution in [-0.2, 0) is 17.6 Å². The maximum Gasteiger partial charge on any atom is 0.243 e. The molecule has 0 aliphatic rings. The Hall–Kier alpha value is -1.95. The van der Waals surface area contributed by atoms with Gasteiger partial charge in [0.1, 0.15) is 17.6 Å². The minimum atomic E-state index is -0.136. The molecule has 0 aliphatic heterocycles. The maximum absolute atomic E-state index is 5.65. The van der Waals surface area contributed by atoms with E-state index in [1.807, 2.05) is 19.1 Å². The van der Waals surface area contributed by atoms with Crippen LogP contribution in [0.1, 0.15) is 42.8 Å². The predicted octanol–water partition coefficient (Wildman–Crippen LogP) is 2.70. The van der Waals surface area contributed by atoms with Crippen molar-refractivity contribution in [2.45, 2.75) is 39.7 Å². The molecule has 0 radical (unpaired) electrons. The van der Waals surface area contributed by atoms with Crippen molar-refractivity contribution in [3.63, 3.8) is 0 Å². The number of nitrogens with zero attached hydrogens (tertiary/aromatic N) is 3. The zero-order valence-electron chi connectivity index (χ0n) is 13.0. The highest BCUT2D eigenvalue weighted by molar-refractivity contribution is 5.30. The van der Waals surface area contributed by atoms with Crippen LogP contribution in [0.25, 0.3) is 0 Å². The summed E-state index contributed by atoms with van der Waals surface area (Å²) in [5.41, 5.74) is 1.92. The van der Waals surface area contributed by atoms with Crippen molar-refractivity contribution in [3.8, 4) is 0 Å². The summed E-state index contributed by atoms with van der Waals surface area (Å²) in [4.78, 5) is 4.53. The van der Waals surface area contributed by atoms with Gasteiger partial charge in [-0.1, -0.05) is 13.8 Å². The maximum atomic E-state index is 5.65. The average Bonchev–Trinajstić information content (AvgIpc) is 2.93. The molecule has 1 N–H and O–H groups in total. The van der Waals surface area contributed by atoms with Crippen LogP contribution in [0, 0.1) is 6.92 Å². The summed E-state index contributed by atoms with van der Waals surface area (Å²) < 4.78 is 10.9. The molecule has 0 amide bonds. The van der Waals surface area contributed by atoms with Gasteiger partial charge in [-0.3, -0.25) is 0 Å². The lowest BCUT2D eigenvalue weighted by molar-refractivity contribution is 0.178. The lowest BCUT2D eigenvalue weighted by Crippen LogP contribution is -2.18. The number of aryl methyl sites for hydroxylation is 3. The van der Waals surface area contributed by atoms with E-state index in [1.54, 1.807) is 7.11 Å². The first-order valence-corrected chi connectivity index (χ1v) is 7.22. The SMILES string of the molecule is CCc1nnc(NC(COC)c2ccc(C)o2)nc1CC. The second-order valence-electron chi connectivity index (χ2n) is 4.84. The molecule has 6 nitrogen and oxygen atoms in total. The summed E-state index contributed by atoms with van der Waals surface area (Å²) in [6, 6.07) is 3.72. The Balaban J connectivity index is 2.20. The third kappa shape index (κ3) is 3.78. The summed E-state index contributed by atoms with van der Waals surface area (Å²) in [6.45, 7) is 6.50. The van der Waals surface area contributed by atoms with Gasteiger partial charge < -0.3 is 14.5 Å². The van der Waals surface area contributed by atoms with E-state index in [0.717, 1.165) is 35.7 Å². The molecule has 114 valence electrons. The molecule has 21 heavy (non-hydrogen) atoms. The van der Waals surface area contributed by atoms with Crippen molar-refractivity contribution in [1.29, 1.82) is 0 Å². The van der Waals surface area contributed by atoms with E-state index in [0.29, 0.717) is 12.6 Å². The average molecular weight is 290 g/mol. The van der Waals surface area contributed by atoms with Crippen molar-refractivity contribution < 1.29 is 9.15 Å². The first-order chi connectivity index (χ1) is 10.2. The van der Waals surface area contributed by atoms with E-state index in [9.17, 15) is 0 Å². The predicted molar refractivity (Wildman–Crippen MR) is 80.3 cm³/mol. The number of hydrogen-bond donors (Lipinski definition) is 1. The third-order valence-electron chi connectivity index (χ3n) is 3.25. The minimum absolute atomic E-state index is 0.136. The zero-order valence-corrected chi connectivity index (χ0v) is 13.0. The van der Waals surface area contributed by atoms with E-state index < -0.39 is 0 Å². The molecule has 2 aromatic heterocycles. The normalized spacial score (nSPS) is 12.4. The summed E-state index contributed by atoms with van der Waals surface area (Å²) in [7, 11) is 1.65. The molecule has 0 aliphatic carbocycles. The van der Waals surface area contributed by atoms with Crippen molar-refractivity contribution >= 4 is 5.95 Å². The molecule has 1 unspecified atom stereocenters. The van der Waals surface area contributed by atoms with Crippen LogP contribution in [0.5, 0.6) is 0 Å². The fourth-order valence-electron chi connectivity index (χ4n) is 2.16. The Morgan fingerprint density at radius 1 is 1.19 bits per heavy atom. The fraction of sp³-hybridized carbons (Fsp3) is 0.533. The molecule has 1 atom stereocenters. The third-order valence-corrected chi connectivity index (χ3v) is 3.25. The van der Waals surface area contributed by atoms with Crippen molar-refractivity contribution in [2.24, 2.45) is 0 Å². The quantitative estimate of drug-likeness (QED) is 0.845. The number of ether oxygens (including phenoxy) is 1. The van der Waals surface area contributed by atoms with Gasteiger partial charge in [0.2, 0.25) is 5.95 Å². The summed E-state index contributed by atoms with van der Waals surface area (Å²) in [5, 5.41) is 11.6. The first-order valence-electron chi connectivity index (χ1n) is 7.22. The van der Waals surface area contributed by atoms with Crippen LogP contribution >= 0.6 is 0 Å². The standard InChI is InChI=1S/C15H22N4O2/c1-5-11-12(6-2)18-19-15(16-11)17-13(9-20-4)14-8-7-10(3)21-14/h7-8,13H,5-6,9H2,1-4H3,(H,16,17,19). The van der Waals surface area contributed by atoms with Crippen LogP contribution in [0.2, 0.25) is 0 Å². The second-order valence-corrected chi connectivity index (χ2v) is 4.84. The molecule has 0 bridgehead atoms. The van der Waals surface area contributed by atoms with Crippen LogP contribution in [0.15, 0.2) is 16.5 Å². The number of furan rings is 1. The highest BCUT2D eigenvalue weighted by Gasteiger charge is 2.17. The molecule has 2 heterocycles. The second kappa shape index (κ2) is 7.17. The highest BCUT2D eigenvalue weighted by atomic mass is 16.5. The summed E-state index contributed by atoms with van der Waals surface area (Å²) in [6.07, 6.45) is 1.67. The smallest absolute Gasteiger partial charge is 0.243 e. The molecule has 0 saturated carbocycles. The monoisotopic (exact) mass is 290 g/mol. The Morgan fingerprint density at radius 2 is 1.95 bits per heavy atom. The Labute approximate surface area is 124 Å². The molecule has 0 spiro atoms.